The second-order valence-electron chi connectivity index (χ2n) is 6.28. The highest BCUT2D eigenvalue weighted by molar-refractivity contribution is 5.95. The topological polar surface area (TPSA) is 35.6 Å². The summed E-state index contributed by atoms with van der Waals surface area (Å²) in [6.45, 7) is 3.47. The Hall–Kier alpha value is -1.98. The number of fused-ring (bicyclic) bond motifs is 1. The van der Waals surface area contributed by atoms with Crippen molar-refractivity contribution in [2.45, 2.75) is 6.42 Å². The van der Waals surface area contributed by atoms with Crippen LogP contribution in [0.15, 0.2) is 42.5 Å². The molecule has 0 saturated carbocycles. The fourth-order valence-corrected chi connectivity index (χ4v) is 3.48. The van der Waals surface area contributed by atoms with Gasteiger partial charge in [-0.15, -0.1) is 24.8 Å². The standard InChI is InChI=1S/C19H20FN3O.2ClH/c20-16-3-1-2-4-18(16)22-9-11-23(12-10-22)19(24)15-5-6-17-14(13-15)7-8-21-17;;/h1-6,13,21H,7-12H2;2*1H. The molecular weight excluding hydrogens is 376 g/mol. The van der Waals surface area contributed by atoms with E-state index in [0.29, 0.717) is 31.9 Å². The maximum atomic E-state index is 13.9. The number of nitrogens with one attached hydrogen (secondary N) is 1. The van der Waals surface area contributed by atoms with Crippen molar-refractivity contribution in [2.75, 3.05) is 42.9 Å². The van der Waals surface area contributed by atoms with Crippen molar-refractivity contribution >= 4 is 42.1 Å². The van der Waals surface area contributed by atoms with Gasteiger partial charge in [0.05, 0.1) is 5.69 Å². The van der Waals surface area contributed by atoms with Crippen LogP contribution < -0.4 is 10.2 Å². The molecule has 0 aromatic heterocycles. The largest absolute Gasteiger partial charge is 0.384 e. The van der Waals surface area contributed by atoms with Crippen molar-refractivity contribution < 1.29 is 9.18 Å². The van der Waals surface area contributed by atoms with Crippen LogP contribution in [0.2, 0.25) is 0 Å². The van der Waals surface area contributed by atoms with E-state index in [4.69, 9.17) is 0 Å². The molecule has 0 aliphatic carbocycles. The Labute approximate surface area is 165 Å². The van der Waals surface area contributed by atoms with Crippen molar-refractivity contribution in [1.82, 2.24) is 4.90 Å². The number of rotatable bonds is 2. The third kappa shape index (κ3) is 3.89. The molecule has 1 saturated heterocycles. The quantitative estimate of drug-likeness (QED) is 0.840. The Morgan fingerprint density at radius 3 is 2.46 bits per heavy atom. The number of nitrogens with zero attached hydrogens (tertiary/aromatic N) is 2. The van der Waals surface area contributed by atoms with Gasteiger partial charge in [0.15, 0.2) is 0 Å². The predicted octanol–water partition coefficient (Wildman–Crippen LogP) is 3.60. The van der Waals surface area contributed by atoms with E-state index in [2.05, 4.69) is 5.32 Å². The first kappa shape index (κ1) is 20.3. The van der Waals surface area contributed by atoms with Crippen LogP contribution in [0.5, 0.6) is 0 Å². The summed E-state index contributed by atoms with van der Waals surface area (Å²) in [6, 6.07) is 12.7. The lowest BCUT2D eigenvalue weighted by molar-refractivity contribution is 0.0746. The monoisotopic (exact) mass is 397 g/mol. The molecule has 0 bridgehead atoms. The Kier molecular flexibility index (Phi) is 6.73. The third-order valence-corrected chi connectivity index (χ3v) is 4.82. The van der Waals surface area contributed by atoms with E-state index in [1.165, 1.54) is 11.6 Å². The molecule has 2 aliphatic heterocycles. The summed E-state index contributed by atoms with van der Waals surface area (Å²) in [4.78, 5) is 16.6. The van der Waals surface area contributed by atoms with Crippen LogP contribution in [-0.4, -0.2) is 43.5 Å². The maximum Gasteiger partial charge on any atom is 0.253 e. The van der Waals surface area contributed by atoms with Crippen LogP contribution in [0, 0.1) is 5.82 Å². The summed E-state index contributed by atoms with van der Waals surface area (Å²) in [7, 11) is 0. The highest BCUT2D eigenvalue weighted by Gasteiger charge is 2.24. The fourth-order valence-electron chi connectivity index (χ4n) is 3.48. The first-order chi connectivity index (χ1) is 11.7. The van der Waals surface area contributed by atoms with Gasteiger partial charge < -0.3 is 15.1 Å². The zero-order valence-corrected chi connectivity index (χ0v) is 15.9. The summed E-state index contributed by atoms with van der Waals surface area (Å²) in [5.74, 6) is -0.138. The normalized spacial score (nSPS) is 15.4. The van der Waals surface area contributed by atoms with Crippen molar-refractivity contribution in [3.63, 3.8) is 0 Å². The Morgan fingerprint density at radius 2 is 1.73 bits per heavy atom. The molecule has 140 valence electrons. The van der Waals surface area contributed by atoms with Gasteiger partial charge >= 0.3 is 0 Å². The number of carbonyl (C=O) groups excluding carboxylic acids is 1. The van der Waals surface area contributed by atoms with Gasteiger partial charge in [0, 0.05) is 44.0 Å². The lowest BCUT2D eigenvalue weighted by atomic mass is 10.1. The van der Waals surface area contributed by atoms with E-state index in [9.17, 15) is 9.18 Å². The summed E-state index contributed by atoms with van der Waals surface area (Å²) in [6.07, 6.45) is 0.970. The van der Waals surface area contributed by atoms with Gasteiger partial charge in [-0.1, -0.05) is 12.1 Å². The number of hydrogen-bond acceptors (Lipinski definition) is 3. The van der Waals surface area contributed by atoms with Gasteiger partial charge in [-0.3, -0.25) is 4.79 Å². The molecule has 26 heavy (non-hydrogen) atoms. The minimum absolute atomic E-state index is 0. The number of benzene rings is 2. The van der Waals surface area contributed by atoms with Crippen LogP contribution >= 0.6 is 24.8 Å². The van der Waals surface area contributed by atoms with Crippen molar-refractivity contribution in [2.24, 2.45) is 0 Å². The van der Waals surface area contributed by atoms with E-state index < -0.39 is 0 Å². The molecular formula is C19H22Cl2FN3O. The number of para-hydroxylation sites is 1. The van der Waals surface area contributed by atoms with E-state index in [1.54, 1.807) is 12.1 Å². The molecule has 4 rings (SSSR count). The Bertz CT molecular complexity index is 779. The highest BCUT2D eigenvalue weighted by Crippen LogP contribution is 2.25. The number of halogens is 3. The third-order valence-electron chi connectivity index (χ3n) is 4.82. The molecule has 1 fully saturated rings. The van der Waals surface area contributed by atoms with E-state index in [-0.39, 0.29) is 36.5 Å². The van der Waals surface area contributed by atoms with Crippen LogP contribution in [0.25, 0.3) is 0 Å². The summed E-state index contributed by atoms with van der Waals surface area (Å²) in [5.41, 5.74) is 3.71. The van der Waals surface area contributed by atoms with Crippen LogP contribution in [0.1, 0.15) is 15.9 Å². The molecule has 0 radical (unpaired) electrons. The van der Waals surface area contributed by atoms with E-state index in [0.717, 1.165) is 24.2 Å². The van der Waals surface area contributed by atoms with Crippen LogP contribution in [0.3, 0.4) is 0 Å². The molecule has 4 nitrogen and oxygen atoms in total. The predicted molar refractivity (Wildman–Crippen MR) is 108 cm³/mol. The summed E-state index contributed by atoms with van der Waals surface area (Å²) >= 11 is 0. The molecule has 2 aromatic rings. The van der Waals surface area contributed by atoms with Crippen LogP contribution in [0.4, 0.5) is 15.8 Å². The molecule has 1 amide bonds. The lowest BCUT2D eigenvalue weighted by Crippen LogP contribution is -2.49. The highest BCUT2D eigenvalue weighted by atomic mass is 35.5. The average molecular weight is 398 g/mol. The van der Waals surface area contributed by atoms with Gasteiger partial charge in [-0.2, -0.15) is 0 Å². The van der Waals surface area contributed by atoms with Crippen molar-refractivity contribution in [3.05, 3.63) is 59.4 Å². The van der Waals surface area contributed by atoms with Crippen molar-refractivity contribution in [3.8, 4) is 0 Å². The number of anilines is 2. The molecule has 0 spiro atoms. The second kappa shape index (κ2) is 8.60. The fraction of sp³-hybridized carbons (Fsp3) is 0.316. The molecule has 1 N–H and O–H groups in total. The number of hydrogen-bond donors (Lipinski definition) is 1. The SMILES string of the molecule is Cl.Cl.O=C(c1ccc2c(c1)CCN2)N1CCN(c2ccccc2F)CC1. The van der Waals surface area contributed by atoms with E-state index in [1.807, 2.05) is 34.1 Å². The van der Waals surface area contributed by atoms with Gasteiger partial charge in [-0.05, 0) is 42.3 Å². The minimum Gasteiger partial charge on any atom is -0.384 e. The van der Waals surface area contributed by atoms with Gasteiger partial charge in [0.1, 0.15) is 5.82 Å². The first-order valence-corrected chi connectivity index (χ1v) is 8.38. The Morgan fingerprint density at radius 1 is 1.00 bits per heavy atom. The zero-order chi connectivity index (χ0) is 16.5. The smallest absolute Gasteiger partial charge is 0.253 e. The van der Waals surface area contributed by atoms with Crippen molar-refractivity contribution in [1.29, 1.82) is 0 Å². The maximum absolute atomic E-state index is 13.9. The molecule has 2 aromatic carbocycles. The summed E-state index contributed by atoms with van der Waals surface area (Å²) in [5, 5.41) is 3.31. The minimum atomic E-state index is -0.205. The number of carbonyl (C=O) groups is 1. The second-order valence-corrected chi connectivity index (χ2v) is 6.28. The van der Waals surface area contributed by atoms with Gasteiger partial charge in [0.2, 0.25) is 0 Å². The summed E-state index contributed by atoms with van der Waals surface area (Å²) < 4.78 is 13.9. The molecule has 7 heteroatoms. The van der Waals surface area contributed by atoms with Crippen LogP contribution in [-0.2, 0) is 6.42 Å². The molecule has 2 aliphatic rings. The van der Waals surface area contributed by atoms with Gasteiger partial charge in [0.25, 0.3) is 5.91 Å². The zero-order valence-electron chi connectivity index (χ0n) is 14.3. The lowest BCUT2D eigenvalue weighted by Gasteiger charge is -2.36. The average Bonchev–Trinajstić information content (AvgIpc) is 3.09. The van der Waals surface area contributed by atoms with Gasteiger partial charge in [-0.25, -0.2) is 4.39 Å². The number of piperazine rings is 1. The number of amides is 1. The van der Waals surface area contributed by atoms with E-state index >= 15 is 0 Å². The molecule has 2 heterocycles. The first-order valence-electron chi connectivity index (χ1n) is 8.38. The molecule has 0 unspecified atom stereocenters. The molecule has 0 atom stereocenters. The Balaban J connectivity index is 0.00000121.